The number of rotatable bonds is 10. The van der Waals surface area contributed by atoms with E-state index in [9.17, 15) is 18.0 Å². The zero-order valence-corrected chi connectivity index (χ0v) is 17.2. The highest BCUT2D eigenvalue weighted by atomic mass is 32.2. The molecule has 8 nitrogen and oxygen atoms in total. The molecule has 0 spiro atoms. The summed E-state index contributed by atoms with van der Waals surface area (Å²) in [5, 5.41) is 5.34. The van der Waals surface area contributed by atoms with E-state index in [4.69, 9.17) is 4.74 Å². The highest BCUT2D eigenvalue weighted by molar-refractivity contribution is 7.89. The molecule has 0 bridgehead atoms. The van der Waals surface area contributed by atoms with Crippen LogP contribution >= 0.6 is 0 Å². The van der Waals surface area contributed by atoms with Crippen molar-refractivity contribution in [2.45, 2.75) is 25.2 Å². The Morgan fingerprint density at radius 3 is 2.17 bits per heavy atom. The van der Waals surface area contributed by atoms with E-state index >= 15 is 0 Å². The van der Waals surface area contributed by atoms with Gasteiger partial charge in [-0.2, -0.15) is 0 Å². The van der Waals surface area contributed by atoms with E-state index in [2.05, 4.69) is 15.4 Å². The van der Waals surface area contributed by atoms with Crippen LogP contribution in [0.2, 0.25) is 0 Å². The number of anilines is 1. The predicted molar refractivity (Wildman–Crippen MR) is 110 cm³/mol. The van der Waals surface area contributed by atoms with Crippen molar-refractivity contribution >= 4 is 27.5 Å². The van der Waals surface area contributed by atoms with E-state index in [1.165, 1.54) is 12.1 Å². The minimum absolute atomic E-state index is 0.0475. The van der Waals surface area contributed by atoms with Crippen molar-refractivity contribution in [2.75, 3.05) is 25.0 Å². The summed E-state index contributed by atoms with van der Waals surface area (Å²) in [6.07, 6.45) is 0.370. The normalized spacial score (nSPS) is 11.0. The number of carbonyl (C=O) groups excluding carboxylic acids is 2. The first-order valence-corrected chi connectivity index (χ1v) is 10.7. The summed E-state index contributed by atoms with van der Waals surface area (Å²) >= 11 is 0. The molecule has 0 unspecified atom stereocenters. The summed E-state index contributed by atoms with van der Waals surface area (Å²) < 4.78 is 32.3. The van der Waals surface area contributed by atoms with Gasteiger partial charge in [0.05, 0.1) is 11.5 Å². The number of amides is 2. The standard InChI is InChI=1S/C20H25N3O5S/c1-3-19(24)23-16-7-5-15(6-8-16)20(25)21-13-14-22-29(26,27)18-11-9-17(10-12-18)28-4-2/h5-12,22H,3-4,13-14H2,1-2H3,(H,21,25)(H,23,24). The second-order valence-corrected chi connectivity index (χ2v) is 7.80. The van der Waals surface area contributed by atoms with Gasteiger partial charge in [-0.25, -0.2) is 13.1 Å². The van der Waals surface area contributed by atoms with Crippen molar-refractivity contribution < 1.29 is 22.7 Å². The Labute approximate surface area is 170 Å². The molecule has 0 heterocycles. The van der Waals surface area contributed by atoms with Gasteiger partial charge in [0.25, 0.3) is 5.91 Å². The van der Waals surface area contributed by atoms with Crippen LogP contribution in [0.4, 0.5) is 5.69 Å². The van der Waals surface area contributed by atoms with Gasteiger partial charge in [-0.1, -0.05) is 6.92 Å². The van der Waals surface area contributed by atoms with E-state index in [-0.39, 0.29) is 29.8 Å². The summed E-state index contributed by atoms with van der Waals surface area (Å²) in [4.78, 5) is 23.6. The number of hydrogen-bond donors (Lipinski definition) is 3. The molecule has 156 valence electrons. The lowest BCUT2D eigenvalue weighted by molar-refractivity contribution is -0.115. The molecule has 3 N–H and O–H groups in total. The maximum Gasteiger partial charge on any atom is 0.251 e. The third kappa shape index (κ3) is 6.88. The number of nitrogens with one attached hydrogen (secondary N) is 3. The van der Waals surface area contributed by atoms with E-state index in [1.807, 2.05) is 6.92 Å². The second-order valence-electron chi connectivity index (χ2n) is 6.04. The molecule has 0 saturated heterocycles. The van der Waals surface area contributed by atoms with E-state index < -0.39 is 10.0 Å². The number of sulfonamides is 1. The highest BCUT2D eigenvalue weighted by Gasteiger charge is 2.13. The highest BCUT2D eigenvalue weighted by Crippen LogP contribution is 2.15. The molecule has 0 saturated carbocycles. The Morgan fingerprint density at radius 2 is 1.59 bits per heavy atom. The third-order valence-corrected chi connectivity index (χ3v) is 5.38. The van der Waals surface area contributed by atoms with Crippen molar-refractivity contribution in [1.82, 2.24) is 10.0 Å². The van der Waals surface area contributed by atoms with Crippen molar-refractivity contribution in [1.29, 1.82) is 0 Å². The topological polar surface area (TPSA) is 114 Å². The zero-order chi connectivity index (χ0) is 21.3. The molecular weight excluding hydrogens is 394 g/mol. The van der Waals surface area contributed by atoms with Crippen molar-refractivity contribution in [3.8, 4) is 5.75 Å². The van der Waals surface area contributed by atoms with Gasteiger partial charge in [0.1, 0.15) is 5.75 Å². The first kappa shape index (κ1) is 22.4. The lowest BCUT2D eigenvalue weighted by Gasteiger charge is -2.09. The number of benzene rings is 2. The average Bonchev–Trinajstić information content (AvgIpc) is 2.72. The van der Waals surface area contributed by atoms with E-state index in [0.717, 1.165) is 0 Å². The maximum absolute atomic E-state index is 12.3. The molecular formula is C20H25N3O5S. The Hall–Kier alpha value is -2.91. The minimum Gasteiger partial charge on any atom is -0.494 e. The van der Waals surface area contributed by atoms with Gasteiger partial charge in [-0.05, 0) is 55.5 Å². The molecule has 29 heavy (non-hydrogen) atoms. The van der Waals surface area contributed by atoms with Gasteiger partial charge in [-0.15, -0.1) is 0 Å². The van der Waals surface area contributed by atoms with E-state index in [1.54, 1.807) is 43.3 Å². The SMILES string of the molecule is CCOc1ccc(S(=O)(=O)NCCNC(=O)c2ccc(NC(=O)CC)cc2)cc1. The number of carbonyl (C=O) groups is 2. The van der Waals surface area contributed by atoms with Gasteiger partial charge < -0.3 is 15.4 Å². The Bertz CT molecular complexity index is 926. The molecule has 2 aromatic rings. The predicted octanol–water partition coefficient (Wildman–Crippen LogP) is 2.14. The van der Waals surface area contributed by atoms with Gasteiger partial charge >= 0.3 is 0 Å². The molecule has 9 heteroatoms. The van der Waals surface area contributed by atoms with Crippen molar-refractivity contribution in [2.24, 2.45) is 0 Å². The molecule has 2 aromatic carbocycles. The summed E-state index contributed by atoms with van der Waals surface area (Å²) in [7, 11) is -3.67. The third-order valence-electron chi connectivity index (χ3n) is 3.90. The van der Waals surface area contributed by atoms with Crippen LogP contribution in [0, 0.1) is 0 Å². The molecule has 0 radical (unpaired) electrons. The molecule has 0 fully saturated rings. The van der Waals surface area contributed by atoms with Crippen LogP contribution in [-0.4, -0.2) is 39.9 Å². The number of hydrogen-bond acceptors (Lipinski definition) is 5. The Kier molecular flexibility index (Phi) is 8.17. The number of ether oxygens (including phenoxy) is 1. The summed E-state index contributed by atoms with van der Waals surface area (Å²) in [5.74, 6) is 0.152. The van der Waals surface area contributed by atoms with Gasteiger partial charge in [0.2, 0.25) is 15.9 Å². The summed E-state index contributed by atoms with van der Waals surface area (Å²) in [6.45, 7) is 4.27. The molecule has 2 amide bonds. The van der Waals surface area contributed by atoms with Crippen LogP contribution in [0.15, 0.2) is 53.4 Å². The first-order chi connectivity index (χ1) is 13.9. The molecule has 2 rings (SSSR count). The first-order valence-electron chi connectivity index (χ1n) is 9.26. The molecule has 0 aliphatic heterocycles. The van der Waals surface area contributed by atoms with Crippen molar-refractivity contribution in [3.63, 3.8) is 0 Å². The fourth-order valence-electron chi connectivity index (χ4n) is 2.38. The Morgan fingerprint density at radius 1 is 0.931 bits per heavy atom. The second kappa shape index (κ2) is 10.6. The molecule has 0 atom stereocenters. The van der Waals surface area contributed by atoms with Crippen LogP contribution in [0.25, 0.3) is 0 Å². The lowest BCUT2D eigenvalue weighted by atomic mass is 10.2. The molecule has 0 aromatic heterocycles. The lowest BCUT2D eigenvalue weighted by Crippen LogP contribution is -2.34. The monoisotopic (exact) mass is 419 g/mol. The average molecular weight is 420 g/mol. The quantitative estimate of drug-likeness (QED) is 0.511. The van der Waals surface area contributed by atoms with Crippen molar-refractivity contribution in [3.05, 3.63) is 54.1 Å². The van der Waals surface area contributed by atoms with Gasteiger partial charge in [0.15, 0.2) is 0 Å². The Balaban J connectivity index is 1.81. The summed E-state index contributed by atoms with van der Waals surface area (Å²) in [5.41, 5.74) is 1.02. The smallest absolute Gasteiger partial charge is 0.251 e. The zero-order valence-electron chi connectivity index (χ0n) is 16.4. The van der Waals surface area contributed by atoms with Gasteiger partial charge in [-0.3, -0.25) is 9.59 Å². The minimum atomic E-state index is -3.67. The maximum atomic E-state index is 12.3. The molecule has 0 aliphatic carbocycles. The van der Waals surface area contributed by atoms with Crippen LogP contribution in [-0.2, 0) is 14.8 Å². The largest absolute Gasteiger partial charge is 0.494 e. The fraction of sp³-hybridized carbons (Fsp3) is 0.300. The summed E-state index contributed by atoms with van der Waals surface area (Å²) in [6, 6.07) is 12.6. The van der Waals surface area contributed by atoms with E-state index in [0.29, 0.717) is 30.0 Å². The van der Waals surface area contributed by atoms with Gasteiger partial charge in [0, 0.05) is 30.8 Å². The molecule has 0 aliphatic rings. The fourth-order valence-corrected chi connectivity index (χ4v) is 3.41. The van der Waals surface area contributed by atoms with Crippen LogP contribution in [0.1, 0.15) is 30.6 Å². The van der Waals surface area contributed by atoms with Crippen LogP contribution in [0.5, 0.6) is 5.75 Å². The van der Waals surface area contributed by atoms with Crippen LogP contribution < -0.4 is 20.1 Å². The van der Waals surface area contributed by atoms with Crippen LogP contribution in [0.3, 0.4) is 0 Å².